The molecule has 0 aliphatic heterocycles. The average Bonchev–Trinajstić information content (AvgIpc) is 2.54. The summed E-state index contributed by atoms with van der Waals surface area (Å²) >= 11 is 5.76. The monoisotopic (exact) mass is 326 g/mol. The van der Waals surface area contributed by atoms with Gasteiger partial charge in [0.1, 0.15) is 11.6 Å². The quantitative estimate of drug-likeness (QED) is 0.663. The second-order valence-electron chi connectivity index (χ2n) is 4.52. The molecule has 114 valence electrons. The first-order chi connectivity index (χ1) is 11.0. The van der Waals surface area contributed by atoms with Crippen molar-refractivity contribution in [2.75, 3.05) is 5.32 Å². The fourth-order valence-electron chi connectivity index (χ4n) is 1.85. The smallest absolute Gasteiger partial charge is 0.336 e. The second kappa shape index (κ2) is 7.25. The molecule has 5 nitrogen and oxygen atoms in total. The molecular weight excluding hydrogens is 316 g/mol. The number of nitrogens with one attached hydrogen (secondary N) is 1. The minimum Gasteiger partial charge on any atom is -0.478 e. The van der Waals surface area contributed by atoms with Crippen LogP contribution < -0.4 is 5.32 Å². The van der Waals surface area contributed by atoms with E-state index in [1.165, 1.54) is 18.2 Å². The molecule has 0 bridgehead atoms. The van der Waals surface area contributed by atoms with E-state index in [4.69, 9.17) is 22.0 Å². The maximum atomic E-state index is 12.1. The number of carboxylic acids is 1. The second-order valence-corrected chi connectivity index (χ2v) is 4.96. The Kier molecular flexibility index (Phi) is 5.13. The van der Waals surface area contributed by atoms with E-state index in [9.17, 15) is 9.59 Å². The number of nitrogens with zero attached hydrogens (tertiary/aromatic N) is 1. The number of benzene rings is 2. The molecule has 0 atom stereocenters. The molecular formula is C17H11ClN2O3. The van der Waals surface area contributed by atoms with Crippen LogP contribution in [0.3, 0.4) is 0 Å². The third-order valence-corrected chi connectivity index (χ3v) is 3.21. The molecule has 0 heterocycles. The lowest BCUT2D eigenvalue weighted by Gasteiger charge is -2.05. The van der Waals surface area contributed by atoms with Gasteiger partial charge in [0.05, 0.1) is 5.56 Å². The third kappa shape index (κ3) is 4.19. The van der Waals surface area contributed by atoms with Crippen LogP contribution in [0.2, 0.25) is 5.02 Å². The number of carboxylic acid groups (broad SMARTS) is 1. The molecule has 2 aromatic carbocycles. The predicted octanol–water partition coefficient (Wildman–Crippen LogP) is 3.58. The van der Waals surface area contributed by atoms with Gasteiger partial charge in [-0.15, -0.1) is 0 Å². The van der Waals surface area contributed by atoms with Crippen molar-refractivity contribution in [1.82, 2.24) is 0 Å². The first-order valence-corrected chi connectivity index (χ1v) is 6.90. The molecule has 0 saturated heterocycles. The van der Waals surface area contributed by atoms with Crippen molar-refractivity contribution in [3.63, 3.8) is 0 Å². The minimum atomic E-state index is -1.13. The molecule has 2 N–H and O–H groups in total. The van der Waals surface area contributed by atoms with Crippen LogP contribution in [0.15, 0.2) is 54.1 Å². The number of anilines is 1. The molecule has 0 saturated carbocycles. The molecule has 0 aliphatic carbocycles. The van der Waals surface area contributed by atoms with E-state index in [2.05, 4.69) is 5.32 Å². The summed E-state index contributed by atoms with van der Waals surface area (Å²) in [4.78, 5) is 23.3. The number of carbonyl (C=O) groups excluding carboxylic acids is 1. The van der Waals surface area contributed by atoms with E-state index in [-0.39, 0.29) is 16.7 Å². The zero-order valence-electron chi connectivity index (χ0n) is 11.8. The molecule has 2 rings (SSSR count). The number of aromatic carboxylic acids is 1. The van der Waals surface area contributed by atoms with Crippen LogP contribution in [0.5, 0.6) is 0 Å². The van der Waals surface area contributed by atoms with E-state index in [1.807, 2.05) is 0 Å². The Morgan fingerprint density at radius 3 is 2.39 bits per heavy atom. The Balaban J connectivity index is 2.29. The summed E-state index contributed by atoms with van der Waals surface area (Å²) < 4.78 is 0. The highest BCUT2D eigenvalue weighted by Crippen LogP contribution is 2.16. The highest BCUT2D eigenvalue weighted by Gasteiger charge is 2.13. The van der Waals surface area contributed by atoms with Crippen LogP contribution in [0.4, 0.5) is 5.69 Å². The zero-order chi connectivity index (χ0) is 16.8. The van der Waals surface area contributed by atoms with E-state index >= 15 is 0 Å². The van der Waals surface area contributed by atoms with Crippen LogP contribution in [0.1, 0.15) is 15.9 Å². The summed E-state index contributed by atoms with van der Waals surface area (Å²) in [6.45, 7) is 0. The van der Waals surface area contributed by atoms with Gasteiger partial charge in [-0.3, -0.25) is 4.79 Å². The molecule has 0 aromatic heterocycles. The van der Waals surface area contributed by atoms with Crippen LogP contribution in [-0.4, -0.2) is 17.0 Å². The molecule has 0 radical (unpaired) electrons. The van der Waals surface area contributed by atoms with Gasteiger partial charge in [-0.25, -0.2) is 4.79 Å². The summed E-state index contributed by atoms with van der Waals surface area (Å²) in [5.41, 5.74) is 0.572. The molecule has 0 spiro atoms. The molecule has 2 aromatic rings. The Morgan fingerprint density at radius 2 is 1.78 bits per heavy atom. The first-order valence-electron chi connectivity index (χ1n) is 6.52. The number of hydrogen-bond donors (Lipinski definition) is 2. The zero-order valence-corrected chi connectivity index (χ0v) is 12.5. The summed E-state index contributed by atoms with van der Waals surface area (Å²) in [7, 11) is 0. The maximum absolute atomic E-state index is 12.1. The van der Waals surface area contributed by atoms with Gasteiger partial charge < -0.3 is 10.4 Å². The van der Waals surface area contributed by atoms with Crippen molar-refractivity contribution in [2.45, 2.75) is 0 Å². The molecule has 1 amide bonds. The Hall–Kier alpha value is -3.10. The lowest BCUT2D eigenvalue weighted by molar-refractivity contribution is -0.112. The minimum absolute atomic E-state index is 0.0135. The Labute approximate surface area is 137 Å². The lowest BCUT2D eigenvalue weighted by Crippen LogP contribution is -2.13. The van der Waals surface area contributed by atoms with Crippen LogP contribution in [0, 0.1) is 11.3 Å². The third-order valence-electron chi connectivity index (χ3n) is 2.96. The van der Waals surface area contributed by atoms with Crippen molar-refractivity contribution in [2.24, 2.45) is 0 Å². The van der Waals surface area contributed by atoms with Crippen molar-refractivity contribution < 1.29 is 14.7 Å². The maximum Gasteiger partial charge on any atom is 0.336 e. The topological polar surface area (TPSA) is 90.2 Å². The fraction of sp³-hybridized carbons (Fsp3) is 0. The van der Waals surface area contributed by atoms with Crippen molar-refractivity contribution in [3.05, 3.63) is 70.3 Å². The molecule has 0 fully saturated rings. The first kappa shape index (κ1) is 16.3. The standard InChI is InChI=1S/C17H11ClN2O3/c18-13-5-7-14(8-6-13)20-16(21)12(10-19)9-11-3-1-2-4-15(11)17(22)23/h1-9H,(H,20,21)(H,22,23)/b12-9+. The summed E-state index contributed by atoms with van der Waals surface area (Å²) in [6.07, 6.45) is 1.24. The molecule has 0 unspecified atom stereocenters. The van der Waals surface area contributed by atoms with E-state index in [0.29, 0.717) is 10.7 Å². The summed E-state index contributed by atoms with van der Waals surface area (Å²) in [6, 6.07) is 14.3. The van der Waals surface area contributed by atoms with E-state index < -0.39 is 11.9 Å². The van der Waals surface area contributed by atoms with Crippen LogP contribution >= 0.6 is 11.6 Å². The highest BCUT2D eigenvalue weighted by atomic mass is 35.5. The van der Waals surface area contributed by atoms with Gasteiger partial charge >= 0.3 is 5.97 Å². The summed E-state index contributed by atoms with van der Waals surface area (Å²) in [5.74, 6) is -1.76. The van der Waals surface area contributed by atoms with Crippen LogP contribution in [0.25, 0.3) is 6.08 Å². The predicted molar refractivity (Wildman–Crippen MR) is 87.1 cm³/mol. The van der Waals surface area contributed by atoms with Crippen molar-refractivity contribution >= 4 is 35.2 Å². The Morgan fingerprint density at radius 1 is 1.13 bits per heavy atom. The SMILES string of the molecule is N#C/C(=C\c1ccccc1C(=O)O)C(=O)Nc1ccc(Cl)cc1. The fourth-order valence-corrected chi connectivity index (χ4v) is 1.98. The van der Waals surface area contributed by atoms with Gasteiger partial charge in [0, 0.05) is 10.7 Å². The van der Waals surface area contributed by atoms with Gasteiger partial charge in [-0.2, -0.15) is 5.26 Å². The lowest BCUT2D eigenvalue weighted by atomic mass is 10.0. The van der Waals surface area contributed by atoms with Crippen LogP contribution in [-0.2, 0) is 4.79 Å². The molecule has 6 heteroatoms. The number of carbonyl (C=O) groups is 2. The van der Waals surface area contributed by atoms with Gasteiger partial charge in [0.15, 0.2) is 0 Å². The van der Waals surface area contributed by atoms with Gasteiger partial charge in [0.25, 0.3) is 5.91 Å². The van der Waals surface area contributed by atoms with Gasteiger partial charge in [-0.1, -0.05) is 29.8 Å². The number of hydrogen-bond acceptors (Lipinski definition) is 3. The Bertz CT molecular complexity index is 820. The van der Waals surface area contributed by atoms with E-state index in [0.717, 1.165) is 0 Å². The number of amides is 1. The number of rotatable bonds is 4. The van der Waals surface area contributed by atoms with Gasteiger partial charge in [0.2, 0.25) is 0 Å². The normalized spacial score (nSPS) is 10.7. The molecule has 23 heavy (non-hydrogen) atoms. The van der Waals surface area contributed by atoms with Crippen molar-refractivity contribution in [1.29, 1.82) is 5.26 Å². The average molecular weight is 327 g/mol. The number of halogens is 1. The molecule has 0 aliphatic rings. The highest BCUT2D eigenvalue weighted by molar-refractivity contribution is 6.30. The largest absolute Gasteiger partial charge is 0.478 e. The van der Waals surface area contributed by atoms with E-state index in [1.54, 1.807) is 42.5 Å². The number of nitriles is 1. The summed E-state index contributed by atoms with van der Waals surface area (Å²) in [5, 5.41) is 21.4. The van der Waals surface area contributed by atoms with Crippen molar-refractivity contribution in [3.8, 4) is 6.07 Å². The van der Waals surface area contributed by atoms with Gasteiger partial charge in [-0.05, 0) is 42.0 Å².